The van der Waals surface area contributed by atoms with Crippen LogP contribution in [0, 0.1) is 17.5 Å². The van der Waals surface area contributed by atoms with Crippen molar-refractivity contribution in [2.45, 2.75) is 6.54 Å². The number of halogens is 3. The molecule has 2 aromatic carbocycles. The molecule has 0 fully saturated rings. The number of hydrogen-bond donors (Lipinski definition) is 2. The molecule has 0 bridgehead atoms. The SMILES string of the molecule is O=C1Nc2cc(/C=C/CNC(=O)c3cccn(Cc4cc(F)c(F)c(F)c4)c3=O)ccc2/C1=C\c1nccs1. The summed E-state index contributed by atoms with van der Waals surface area (Å²) in [6, 6.07) is 9.86. The van der Waals surface area contributed by atoms with Crippen LogP contribution >= 0.6 is 11.3 Å². The number of hydrogen-bond acceptors (Lipinski definition) is 5. The lowest BCUT2D eigenvalue weighted by Gasteiger charge is -2.09. The topological polar surface area (TPSA) is 93.1 Å². The first-order valence-corrected chi connectivity index (χ1v) is 12.5. The monoisotopic (exact) mass is 548 g/mol. The Balaban J connectivity index is 1.23. The van der Waals surface area contributed by atoms with E-state index in [4.69, 9.17) is 0 Å². The quantitative estimate of drug-likeness (QED) is 0.259. The highest BCUT2D eigenvalue weighted by Gasteiger charge is 2.24. The maximum absolute atomic E-state index is 13.5. The minimum atomic E-state index is -1.59. The summed E-state index contributed by atoms with van der Waals surface area (Å²) in [4.78, 5) is 41.9. The first-order chi connectivity index (χ1) is 18.8. The van der Waals surface area contributed by atoms with Crippen molar-refractivity contribution in [2.24, 2.45) is 0 Å². The molecule has 2 N–H and O–H groups in total. The highest BCUT2D eigenvalue weighted by molar-refractivity contribution is 7.10. The third-order valence-electron chi connectivity index (χ3n) is 5.90. The van der Waals surface area contributed by atoms with Gasteiger partial charge < -0.3 is 15.2 Å². The number of nitrogens with one attached hydrogen (secondary N) is 2. The van der Waals surface area contributed by atoms with E-state index >= 15 is 0 Å². The van der Waals surface area contributed by atoms with Crippen LogP contribution in [0.2, 0.25) is 0 Å². The molecule has 2 aromatic heterocycles. The lowest BCUT2D eigenvalue weighted by molar-refractivity contribution is -0.110. The number of amides is 2. The average molecular weight is 549 g/mol. The van der Waals surface area contributed by atoms with E-state index in [-0.39, 0.29) is 30.1 Å². The summed E-state index contributed by atoms with van der Waals surface area (Å²) in [5, 5.41) is 8.03. The molecule has 1 aliphatic rings. The highest BCUT2D eigenvalue weighted by Crippen LogP contribution is 2.34. The fourth-order valence-corrected chi connectivity index (χ4v) is 4.63. The zero-order chi connectivity index (χ0) is 27.5. The van der Waals surface area contributed by atoms with Gasteiger partial charge in [0.05, 0.1) is 12.1 Å². The molecule has 39 heavy (non-hydrogen) atoms. The predicted molar refractivity (Wildman–Crippen MR) is 143 cm³/mol. The Morgan fingerprint density at radius 1 is 1.10 bits per heavy atom. The maximum Gasteiger partial charge on any atom is 0.263 e. The fraction of sp³-hybridized carbons (Fsp3) is 0.0714. The first kappa shape index (κ1) is 25.9. The van der Waals surface area contributed by atoms with Gasteiger partial charge in [0, 0.05) is 35.6 Å². The van der Waals surface area contributed by atoms with Crippen molar-refractivity contribution in [1.82, 2.24) is 14.9 Å². The molecule has 0 spiro atoms. The number of pyridine rings is 1. The van der Waals surface area contributed by atoms with Gasteiger partial charge in [-0.2, -0.15) is 0 Å². The Kier molecular flexibility index (Phi) is 7.24. The number of thiazole rings is 1. The summed E-state index contributed by atoms with van der Waals surface area (Å²) in [6.07, 6.45) is 8.22. The molecule has 1 aliphatic heterocycles. The molecule has 7 nitrogen and oxygen atoms in total. The summed E-state index contributed by atoms with van der Waals surface area (Å²) in [5.74, 6) is -5.16. The van der Waals surface area contributed by atoms with E-state index in [1.807, 2.05) is 23.6 Å². The molecule has 0 saturated heterocycles. The fourth-order valence-electron chi connectivity index (χ4n) is 4.06. The van der Waals surface area contributed by atoms with Crippen LogP contribution in [0.15, 0.2) is 71.1 Å². The zero-order valence-corrected chi connectivity index (χ0v) is 20.9. The summed E-state index contributed by atoms with van der Waals surface area (Å²) in [7, 11) is 0. The summed E-state index contributed by atoms with van der Waals surface area (Å²) in [6.45, 7) is -0.135. The van der Waals surface area contributed by atoms with Gasteiger partial charge >= 0.3 is 0 Å². The van der Waals surface area contributed by atoms with Crippen molar-refractivity contribution in [1.29, 1.82) is 0 Å². The molecule has 0 unspecified atom stereocenters. The van der Waals surface area contributed by atoms with E-state index in [9.17, 15) is 27.6 Å². The Labute approximate surface area is 224 Å². The minimum absolute atomic E-state index is 0.0327. The van der Waals surface area contributed by atoms with E-state index in [1.165, 1.54) is 29.7 Å². The number of aromatic nitrogens is 2. The molecule has 0 atom stereocenters. The third kappa shape index (κ3) is 5.58. The maximum atomic E-state index is 13.5. The molecule has 4 aromatic rings. The second kappa shape index (κ2) is 10.9. The van der Waals surface area contributed by atoms with Crippen LogP contribution in [0.25, 0.3) is 17.7 Å². The molecule has 3 heterocycles. The molecule has 0 saturated carbocycles. The number of rotatable bonds is 7. The smallest absolute Gasteiger partial charge is 0.263 e. The van der Waals surface area contributed by atoms with Crippen molar-refractivity contribution < 1.29 is 22.8 Å². The number of carbonyl (C=O) groups excluding carboxylic acids is 2. The summed E-state index contributed by atoms with van der Waals surface area (Å²) in [5.41, 5.74) is 1.97. The molecule has 196 valence electrons. The molecular formula is C28H19F3N4O3S. The minimum Gasteiger partial charge on any atom is -0.348 e. The number of fused-ring (bicyclic) bond motifs is 1. The second-order valence-electron chi connectivity index (χ2n) is 8.53. The van der Waals surface area contributed by atoms with Gasteiger partial charge in [-0.05, 0) is 47.5 Å². The van der Waals surface area contributed by atoms with Crippen LogP contribution in [-0.4, -0.2) is 27.9 Å². The Morgan fingerprint density at radius 3 is 2.64 bits per heavy atom. The van der Waals surface area contributed by atoms with Crippen molar-refractivity contribution >= 4 is 46.6 Å². The summed E-state index contributed by atoms with van der Waals surface area (Å²) < 4.78 is 41.4. The van der Waals surface area contributed by atoms with Crippen LogP contribution < -0.4 is 16.2 Å². The van der Waals surface area contributed by atoms with Gasteiger partial charge in [-0.3, -0.25) is 14.4 Å². The van der Waals surface area contributed by atoms with Crippen LogP contribution in [0.1, 0.15) is 32.1 Å². The largest absolute Gasteiger partial charge is 0.348 e. The Hall–Kier alpha value is -4.77. The van der Waals surface area contributed by atoms with E-state index in [2.05, 4.69) is 15.6 Å². The van der Waals surface area contributed by atoms with Gasteiger partial charge in [0.15, 0.2) is 17.5 Å². The van der Waals surface area contributed by atoms with E-state index < -0.39 is 28.9 Å². The van der Waals surface area contributed by atoms with Gasteiger partial charge in [-0.15, -0.1) is 11.3 Å². The van der Waals surface area contributed by atoms with Crippen molar-refractivity contribution in [2.75, 3.05) is 11.9 Å². The van der Waals surface area contributed by atoms with Gasteiger partial charge in [0.2, 0.25) is 0 Å². The number of carbonyl (C=O) groups is 2. The first-order valence-electron chi connectivity index (χ1n) is 11.6. The van der Waals surface area contributed by atoms with Crippen LogP contribution in [-0.2, 0) is 11.3 Å². The van der Waals surface area contributed by atoms with E-state index in [0.717, 1.165) is 32.8 Å². The summed E-state index contributed by atoms with van der Waals surface area (Å²) >= 11 is 1.43. The molecule has 0 radical (unpaired) electrons. The predicted octanol–water partition coefficient (Wildman–Crippen LogP) is 4.71. The standard InChI is InChI=1S/C28H19F3N4O3S/c29-21-11-17(12-22(30)25(21)31)15-35-9-2-4-19(28(35)38)26(36)33-7-1-3-16-5-6-18-20(14-24-32-8-10-39-24)27(37)34-23(18)13-16/h1-6,8-14H,7,15H2,(H,33,36)(H,34,37)/b3-1+,20-14+. The number of nitrogens with zero attached hydrogens (tertiary/aromatic N) is 2. The Bertz CT molecular complexity index is 1690. The number of benzene rings is 2. The van der Waals surface area contributed by atoms with Gasteiger partial charge in [0.1, 0.15) is 10.6 Å². The van der Waals surface area contributed by atoms with Crippen molar-refractivity contribution in [3.63, 3.8) is 0 Å². The normalized spacial score (nSPS) is 13.6. The Morgan fingerprint density at radius 2 is 1.90 bits per heavy atom. The molecule has 5 rings (SSSR count). The van der Waals surface area contributed by atoms with Crippen LogP contribution in [0.5, 0.6) is 0 Å². The molecule has 0 aliphatic carbocycles. The lowest BCUT2D eigenvalue weighted by Crippen LogP contribution is -2.33. The van der Waals surface area contributed by atoms with Gasteiger partial charge in [-0.1, -0.05) is 24.3 Å². The molecular weight excluding hydrogens is 529 g/mol. The molecule has 2 amide bonds. The van der Waals surface area contributed by atoms with Gasteiger partial charge in [-0.25, -0.2) is 18.2 Å². The van der Waals surface area contributed by atoms with Crippen LogP contribution in [0.4, 0.5) is 18.9 Å². The van der Waals surface area contributed by atoms with Crippen molar-refractivity contribution in [3.8, 4) is 0 Å². The molecule has 11 heteroatoms. The third-order valence-corrected chi connectivity index (χ3v) is 6.62. The number of anilines is 1. The van der Waals surface area contributed by atoms with Gasteiger partial charge in [0.25, 0.3) is 17.4 Å². The zero-order valence-electron chi connectivity index (χ0n) is 20.1. The highest BCUT2D eigenvalue weighted by atomic mass is 32.1. The second-order valence-corrected chi connectivity index (χ2v) is 9.45. The van der Waals surface area contributed by atoms with Crippen molar-refractivity contribution in [3.05, 3.63) is 121 Å². The average Bonchev–Trinajstić information content (AvgIpc) is 3.53. The lowest BCUT2D eigenvalue weighted by atomic mass is 10.0. The van der Waals surface area contributed by atoms with E-state index in [0.29, 0.717) is 11.3 Å². The van der Waals surface area contributed by atoms with E-state index in [1.54, 1.807) is 24.4 Å². The van der Waals surface area contributed by atoms with Crippen LogP contribution in [0.3, 0.4) is 0 Å².